The lowest BCUT2D eigenvalue weighted by atomic mass is 9.91. The molecule has 0 radical (unpaired) electrons. The molecule has 0 bridgehead atoms. The van der Waals surface area contributed by atoms with Crippen LogP contribution in [0.4, 0.5) is 0 Å². The van der Waals surface area contributed by atoms with Gasteiger partial charge < -0.3 is 11.1 Å². The van der Waals surface area contributed by atoms with Crippen LogP contribution in [0.2, 0.25) is 0 Å². The Morgan fingerprint density at radius 1 is 0.880 bits per heavy atom. The molecule has 1 heterocycles. The summed E-state index contributed by atoms with van der Waals surface area (Å²) in [6, 6.07) is 0.280. The van der Waals surface area contributed by atoms with Gasteiger partial charge in [-0.05, 0) is 19.3 Å². The van der Waals surface area contributed by atoms with Crippen LogP contribution in [0.15, 0.2) is 4.99 Å². The van der Waals surface area contributed by atoms with Gasteiger partial charge in [0.1, 0.15) is 0 Å². The van der Waals surface area contributed by atoms with Crippen LogP contribution < -0.4 is 11.1 Å². The number of rotatable bonds is 17. The smallest absolute Gasteiger partial charge is 0.0967 e. The zero-order valence-corrected chi connectivity index (χ0v) is 17.2. The lowest BCUT2D eigenvalue weighted by molar-refractivity contribution is 0.401. The largest absolute Gasteiger partial charge is 0.372 e. The number of nitrogens with zero attached hydrogens (tertiary/aromatic N) is 1. The molecule has 0 saturated heterocycles. The minimum absolute atomic E-state index is 0.280. The van der Waals surface area contributed by atoms with Crippen molar-refractivity contribution in [3.63, 3.8) is 0 Å². The van der Waals surface area contributed by atoms with Gasteiger partial charge in [0.2, 0.25) is 0 Å². The number of aliphatic imine (C=N–C) groups is 1. The van der Waals surface area contributed by atoms with E-state index in [1.807, 2.05) is 0 Å². The van der Waals surface area contributed by atoms with Crippen LogP contribution in [0.3, 0.4) is 0 Å². The van der Waals surface area contributed by atoms with Gasteiger partial charge in [-0.1, -0.05) is 90.4 Å². The average molecular weight is 352 g/mol. The van der Waals surface area contributed by atoms with Gasteiger partial charge in [-0.25, -0.2) is 0 Å². The highest BCUT2D eigenvalue weighted by molar-refractivity contribution is 5.83. The Bertz CT molecular complexity index is 325. The maximum Gasteiger partial charge on any atom is 0.0967 e. The number of hydrogen-bond acceptors (Lipinski definition) is 3. The summed E-state index contributed by atoms with van der Waals surface area (Å²) in [6.45, 7) is 6.40. The van der Waals surface area contributed by atoms with E-state index in [-0.39, 0.29) is 6.04 Å². The summed E-state index contributed by atoms with van der Waals surface area (Å²) >= 11 is 0. The molecule has 1 aliphatic rings. The van der Waals surface area contributed by atoms with Crippen molar-refractivity contribution >= 4 is 5.84 Å². The highest BCUT2D eigenvalue weighted by atomic mass is 15.1. The van der Waals surface area contributed by atoms with Gasteiger partial charge in [0.15, 0.2) is 0 Å². The molecule has 0 saturated carbocycles. The first-order valence-corrected chi connectivity index (χ1v) is 11.3. The quantitative estimate of drug-likeness (QED) is 0.324. The number of unbranched alkanes of at least 4 members (excludes halogenated alkanes) is 12. The van der Waals surface area contributed by atoms with Crippen LogP contribution in [0.1, 0.15) is 110 Å². The third-order valence-electron chi connectivity index (χ3n) is 5.62. The molecule has 0 fully saturated rings. The van der Waals surface area contributed by atoms with E-state index in [2.05, 4.69) is 24.2 Å². The van der Waals surface area contributed by atoms with Gasteiger partial charge in [0.25, 0.3) is 0 Å². The zero-order valence-electron chi connectivity index (χ0n) is 17.2. The van der Waals surface area contributed by atoms with Gasteiger partial charge in [-0.15, -0.1) is 0 Å². The summed E-state index contributed by atoms with van der Waals surface area (Å²) in [5, 5.41) is 3.39. The van der Waals surface area contributed by atoms with Crippen molar-refractivity contribution < 1.29 is 0 Å². The second-order valence-corrected chi connectivity index (χ2v) is 8.11. The van der Waals surface area contributed by atoms with E-state index in [9.17, 15) is 0 Å². The van der Waals surface area contributed by atoms with Gasteiger partial charge in [-0.2, -0.15) is 0 Å². The third-order valence-corrected chi connectivity index (χ3v) is 5.62. The van der Waals surface area contributed by atoms with Gasteiger partial charge in [0.05, 0.1) is 12.4 Å². The molecule has 3 nitrogen and oxygen atoms in total. The van der Waals surface area contributed by atoms with Crippen molar-refractivity contribution in [2.75, 3.05) is 13.1 Å². The molecular formula is C22H45N3. The Morgan fingerprint density at radius 2 is 1.40 bits per heavy atom. The molecule has 0 spiro atoms. The first kappa shape index (κ1) is 22.5. The predicted octanol–water partition coefficient (Wildman–Crippen LogP) is 5.82. The molecule has 2 atom stereocenters. The minimum atomic E-state index is 0.280. The molecule has 0 amide bonds. The molecule has 2 unspecified atom stereocenters. The molecule has 0 aromatic heterocycles. The van der Waals surface area contributed by atoms with E-state index in [1.54, 1.807) is 0 Å². The van der Waals surface area contributed by atoms with Crippen LogP contribution in [-0.2, 0) is 0 Å². The van der Waals surface area contributed by atoms with Gasteiger partial charge in [-0.3, -0.25) is 4.99 Å². The van der Waals surface area contributed by atoms with Crippen molar-refractivity contribution in [3.8, 4) is 0 Å². The molecule has 3 N–H and O–H groups in total. The highest BCUT2D eigenvalue weighted by Crippen LogP contribution is 2.19. The SMILES string of the molecule is CCCCCCCCCCCCCCCC(CC1=NCCN1)C(C)N. The Morgan fingerprint density at radius 3 is 1.84 bits per heavy atom. The number of amidine groups is 1. The number of nitrogens with two attached hydrogens (primary N) is 1. The Hall–Kier alpha value is -0.570. The first-order valence-electron chi connectivity index (χ1n) is 11.3. The second-order valence-electron chi connectivity index (χ2n) is 8.11. The van der Waals surface area contributed by atoms with Crippen molar-refractivity contribution in [2.24, 2.45) is 16.6 Å². The monoisotopic (exact) mass is 351 g/mol. The summed E-state index contributed by atoms with van der Waals surface area (Å²) in [4.78, 5) is 4.52. The summed E-state index contributed by atoms with van der Waals surface area (Å²) < 4.78 is 0. The molecule has 148 valence electrons. The van der Waals surface area contributed by atoms with E-state index >= 15 is 0 Å². The van der Waals surface area contributed by atoms with Crippen molar-refractivity contribution in [2.45, 2.75) is 116 Å². The van der Waals surface area contributed by atoms with E-state index < -0.39 is 0 Å². The third kappa shape index (κ3) is 12.4. The van der Waals surface area contributed by atoms with Crippen molar-refractivity contribution in [3.05, 3.63) is 0 Å². The van der Waals surface area contributed by atoms with E-state index in [0.717, 1.165) is 19.5 Å². The molecule has 3 heteroatoms. The minimum Gasteiger partial charge on any atom is -0.372 e. The second kappa shape index (κ2) is 15.7. The molecular weight excluding hydrogens is 306 g/mol. The Balaban J connectivity index is 1.88. The Kier molecular flexibility index (Phi) is 14.1. The van der Waals surface area contributed by atoms with Gasteiger partial charge in [0, 0.05) is 19.0 Å². The normalized spacial score (nSPS) is 16.5. The predicted molar refractivity (Wildman–Crippen MR) is 112 cm³/mol. The van der Waals surface area contributed by atoms with E-state index in [0.29, 0.717) is 5.92 Å². The van der Waals surface area contributed by atoms with Crippen LogP contribution >= 0.6 is 0 Å². The van der Waals surface area contributed by atoms with E-state index in [1.165, 1.54) is 95.7 Å². The summed E-state index contributed by atoms with van der Waals surface area (Å²) in [5.41, 5.74) is 6.18. The molecule has 1 rings (SSSR count). The van der Waals surface area contributed by atoms with Crippen LogP contribution in [0, 0.1) is 5.92 Å². The average Bonchev–Trinajstić information content (AvgIpc) is 3.11. The fourth-order valence-electron chi connectivity index (χ4n) is 3.81. The topological polar surface area (TPSA) is 50.4 Å². The standard InChI is InChI=1S/C22H45N3/c1-3-4-5-6-7-8-9-10-11-12-13-14-15-16-21(20(2)23)19-22-24-17-18-25-22/h20-21H,3-19,23H2,1-2H3,(H,24,25). The first-order chi connectivity index (χ1) is 12.2. The van der Waals surface area contributed by atoms with Crippen LogP contribution in [0.5, 0.6) is 0 Å². The van der Waals surface area contributed by atoms with Crippen molar-refractivity contribution in [1.29, 1.82) is 0 Å². The molecule has 0 aliphatic carbocycles. The van der Waals surface area contributed by atoms with E-state index in [4.69, 9.17) is 5.73 Å². The molecule has 0 aromatic carbocycles. The lowest BCUT2D eigenvalue weighted by Crippen LogP contribution is -2.31. The summed E-state index contributed by atoms with van der Waals surface area (Å²) in [7, 11) is 0. The number of nitrogens with one attached hydrogen (secondary N) is 1. The fraction of sp³-hybridized carbons (Fsp3) is 0.955. The fourth-order valence-corrected chi connectivity index (χ4v) is 3.81. The Labute approximate surface area is 157 Å². The van der Waals surface area contributed by atoms with Crippen LogP contribution in [0.25, 0.3) is 0 Å². The summed E-state index contributed by atoms with van der Waals surface area (Å²) in [6.07, 6.45) is 20.8. The number of hydrogen-bond donors (Lipinski definition) is 2. The molecule has 0 aromatic rings. The van der Waals surface area contributed by atoms with Crippen molar-refractivity contribution in [1.82, 2.24) is 5.32 Å². The lowest BCUT2D eigenvalue weighted by Gasteiger charge is -2.20. The highest BCUT2D eigenvalue weighted by Gasteiger charge is 2.17. The molecule has 1 aliphatic heterocycles. The maximum absolute atomic E-state index is 6.18. The zero-order chi connectivity index (χ0) is 18.2. The summed E-state index contributed by atoms with van der Waals surface area (Å²) in [5.74, 6) is 1.79. The maximum atomic E-state index is 6.18. The molecule has 25 heavy (non-hydrogen) atoms. The van der Waals surface area contributed by atoms with Gasteiger partial charge >= 0.3 is 0 Å². The van der Waals surface area contributed by atoms with Crippen LogP contribution in [-0.4, -0.2) is 25.0 Å².